The standard InChI is InChI=1S/C25H44N12.C25H43N11.C24H41N11O.C24H40N10O/c1-32-8-14-35(15-9-32)6-4-26-21-20-28-22-23(27-5-7-36-16-10-33(2)11-17-36)30-25(31-24(22)29-21)37-18-12-34(3)13-19-37;1-32-12-16-34(17-13-32)10-6-26-21-20-28-22-23(27-7-11-35-18-14-33(2)15-19-35)30-25(31-24(22)29-21)36-8-4-3-5-9-36;1-31-7-11-33(12-8-31)6-4-26-22-21-23(30-24(29-22)35-13-9-32(2)10-14-35)28-20(19-27-21)25-3-5-34-15-17-36-18-16-34;1-31-11-13-32(14-12-31)10-6-26-22-21-23(30-24(29-22)34-7-3-2-4-8-34)28-20(19-27-21)25-5-9-33-15-17-35-18-16-33/h20H,4-19H2,1-3H3,(H2,26,27,29,30,31);20H,3-19H2,1-2H3,(H2,26,27,29,30,31);19H,3-18H2,1-2H3,(H2,25,26,28,29,30);19H,2-18H2,1H3,(H2,25,26,28,29,30). The van der Waals surface area contributed by atoms with Crippen LogP contribution in [0.1, 0.15) is 38.5 Å². The van der Waals surface area contributed by atoms with Gasteiger partial charge in [0.05, 0.1) is 51.2 Å². The van der Waals surface area contributed by atoms with Crippen molar-refractivity contribution in [2.24, 2.45) is 0 Å². The van der Waals surface area contributed by atoms with Crippen molar-refractivity contribution < 1.29 is 9.47 Å². The number of anilines is 12. The van der Waals surface area contributed by atoms with E-state index >= 15 is 0 Å². The van der Waals surface area contributed by atoms with Crippen LogP contribution in [0.25, 0.3) is 44.7 Å². The van der Waals surface area contributed by atoms with E-state index in [-0.39, 0.29) is 0 Å². The van der Waals surface area contributed by atoms with Gasteiger partial charge in [-0.3, -0.25) is 39.2 Å². The van der Waals surface area contributed by atoms with Crippen LogP contribution in [0, 0.1) is 0 Å². The second kappa shape index (κ2) is 55.0. The molecule has 0 saturated carbocycles. The maximum absolute atomic E-state index is 5.44. The smallest absolute Gasteiger partial charge is 0.229 e. The second-order valence-corrected chi connectivity index (χ2v) is 41.1. The Hall–Kier alpha value is -9.44. The maximum Gasteiger partial charge on any atom is 0.229 e. The van der Waals surface area contributed by atoms with Crippen molar-refractivity contribution in [2.75, 3.05) is 511 Å². The molecule has 12 aliphatic heterocycles. The number of ether oxygens (including phenoxy) is 2. The SMILES string of the molecule is CN1CCN(CCNc2cnc3c(NCCN4CCN(C)CC4)nc(N4CCCCC4)nc3n2)CC1.CN1CCN(CCNc2cnc3c(NCCN4CCN(C)CC4)nc(N4CCN(C)CC4)nc3n2)CC1.CN1CCN(CCNc2nc(N3CCCCC3)nc3nc(NCCN4CCOCC4)cnc23)CC1.CN1CCN(CCNc2nc(N3CCN(C)CC3)nc3nc(NCCN4CCOCC4)cnc23)CC1. The molecule has 0 unspecified atom stereocenters. The molecule has 0 atom stereocenters. The Morgan fingerprint density at radius 2 is 0.375 bits per heavy atom. The summed E-state index contributed by atoms with van der Waals surface area (Å²) in [6.45, 7) is 60.3. The minimum Gasteiger partial charge on any atom is -0.379 e. The van der Waals surface area contributed by atoms with Crippen LogP contribution in [-0.2, 0) is 9.47 Å². The summed E-state index contributed by atoms with van der Waals surface area (Å²) >= 11 is 0. The Kier molecular flexibility index (Phi) is 40.4. The summed E-state index contributed by atoms with van der Waals surface area (Å²) in [7, 11) is 17.5. The number of nitrogens with zero attached hydrogens (tertiary/aromatic N) is 36. The number of likely N-dealkylation sites (N-methyl/N-ethyl adjacent to an activating group) is 8. The molecule has 0 aromatic carbocycles. The van der Waals surface area contributed by atoms with Crippen molar-refractivity contribution in [1.29, 1.82) is 0 Å². The fourth-order valence-electron chi connectivity index (χ4n) is 20.0. The van der Waals surface area contributed by atoms with E-state index in [1.807, 2.05) is 12.4 Å². The molecule has 792 valence electrons. The quantitative estimate of drug-likeness (QED) is 0.0267. The lowest BCUT2D eigenvalue weighted by Gasteiger charge is -2.33. The predicted molar refractivity (Wildman–Crippen MR) is 578 cm³/mol. The largest absolute Gasteiger partial charge is 0.379 e. The van der Waals surface area contributed by atoms with E-state index in [9.17, 15) is 0 Å². The molecule has 46 nitrogen and oxygen atoms in total. The normalized spacial score (nSPS) is 21.2. The van der Waals surface area contributed by atoms with Gasteiger partial charge in [0.1, 0.15) is 23.3 Å². The third kappa shape index (κ3) is 32.3. The van der Waals surface area contributed by atoms with E-state index in [4.69, 9.17) is 89.2 Å². The molecule has 0 amide bonds. The Labute approximate surface area is 853 Å². The zero-order valence-electron chi connectivity index (χ0n) is 87.9. The van der Waals surface area contributed by atoms with E-state index in [1.165, 1.54) is 38.5 Å². The molecule has 12 fully saturated rings. The van der Waals surface area contributed by atoms with Crippen molar-refractivity contribution in [3.63, 3.8) is 0 Å². The van der Waals surface area contributed by atoms with Crippen LogP contribution >= 0.6 is 0 Å². The summed E-state index contributed by atoms with van der Waals surface area (Å²) in [5, 5.41) is 28.0. The van der Waals surface area contributed by atoms with Crippen LogP contribution < -0.4 is 62.1 Å². The summed E-state index contributed by atoms with van der Waals surface area (Å²) in [4.78, 5) is 125. The summed E-state index contributed by atoms with van der Waals surface area (Å²) in [5.74, 6) is 9.22. The number of aromatic nitrogens is 16. The Bertz CT molecular complexity index is 5130. The Morgan fingerprint density at radius 3 is 0.583 bits per heavy atom. The molecule has 0 spiro atoms. The van der Waals surface area contributed by atoms with Crippen molar-refractivity contribution in [3.05, 3.63) is 24.8 Å². The van der Waals surface area contributed by atoms with Gasteiger partial charge in [0.15, 0.2) is 67.9 Å². The molecule has 0 aliphatic carbocycles. The van der Waals surface area contributed by atoms with Crippen LogP contribution in [0.3, 0.4) is 0 Å². The van der Waals surface area contributed by atoms with E-state index in [1.54, 1.807) is 12.4 Å². The summed E-state index contributed by atoms with van der Waals surface area (Å²) in [6.07, 6.45) is 14.5. The summed E-state index contributed by atoms with van der Waals surface area (Å²) in [5.41, 5.74) is 5.55. The van der Waals surface area contributed by atoms with Gasteiger partial charge < -0.3 is 111 Å². The van der Waals surface area contributed by atoms with Crippen molar-refractivity contribution in [1.82, 2.24) is 158 Å². The molecule has 8 aromatic heterocycles. The molecule has 0 radical (unpaired) electrons. The number of hydrogen-bond donors (Lipinski definition) is 8. The number of morpholine rings is 2. The first-order chi connectivity index (χ1) is 70.5. The van der Waals surface area contributed by atoms with Gasteiger partial charge in [-0.2, -0.15) is 39.9 Å². The summed E-state index contributed by atoms with van der Waals surface area (Å²) < 4.78 is 10.9. The fraction of sp³-hybridized carbons (Fsp3) is 0.755. The van der Waals surface area contributed by atoms with Gasteiger partial charge in [0, 0.05) is 367 Å². The topological polar surface area (TPSA) is 386 Å². The lowest BCUT2D eigenvalue weighted by atomic mass is 10.1. The number of rotatable bonds is 36. The van der Waals surface area contributed by atoms with Crippen LogP contribution in [0.4, 0.5) is 70.3 Å². The minimum atomic E-state index is 0.636. The number of piperidine rings is 2. The van der Waals surface area contributed by atoms with Gasteiger partial charge in [0.25, 0.3) is 0 Å². The molecular weight excluding hydrogens is 1830 g/mol. The highest BCUT2D eigenvalue weighted by Crippen LogP contribution is 2.30. The number of nitrogens with one attached hydrogen (secondary N) is 8. The highest BCUT2D eigenvalue weighted by Gasteiger charge is 2.29. The molecule has 144 heavy (non-hydrogen) atoms. The first-order valence-electron chi connectivity index (χ1n) is 54.1. The molecule has 8 aromatic rings. The van der Waals surface area contributed by atoms with Gasteiger partial charge in [-0.25, -0.2) is 39.9 Å². The van der Waals surface area contributed by atoms with E-state index < -0.39 is 0 Å². The Balaban J connectivity index is 0.000000132. The van der Waals surface area contributed by atoms with Crippen LogP contribution in [0.15, 0.2) is 24.8 Å². The lowest BCUT2D eigenvalue weighted by molar-refractivity contribution is 0.0398. The number of fused-ring (bicyclic) bond motifs is 4. The van der Waals surface area contributed by atoms with Crippen LogP contribution in [0.5, 0.6) is 0 Å². The minimum absolute atomic E-state index is 0.636. The first kappa shape index (κ1) is 106. The fourth-order valence-corrected chi connectivity index (χ4v) is 20.0. The van der Waals surface area contributed by atoms with Crippen molar-refractivity contribution in [2.45, 2.75) is 38.5 Å². The van der Waals surface area contributed by atoms with Crippen molar-refractivity contribution >= 4 is 115 Å². The van der Waals surface area contributed by atoms with E-state index in [0.29, 0.717) is 22.6 Å². The molecule has 20 rings (SSSR count). The molecule has 20 heterocycles. The highest BCUT2D eigenvalue weighted by atomic mass is 16.5. The Morgan fingerprint density at radius 1 is 0.194 bits per heavy atom. The van der Waals surface area contributed by atoms with Crippen LogP contribution in [-0.4, -0.2) is 607 Å². The molecule has 0 bridgehead atoms. The molecule has 46 heteroatoms. The first-order valence-corrected chi connectivity index (χ1v) is 54.1. The number of hydrogen-bond acceptors (Lipinski definition) is 46. The number of piperazine rings is 8. The van der Waals surface area contributed by atoms with Gasteiger partial charge in [-0.1, -0.05) is 0 Å². The monoisotopic (exact) mass is 1990 g/mol. The van der Waals surface area contributed by atoms with E-state index in [0.717, 1.165) is 485 Å². The zero-order valence-corrected chi connectivity index (χ0v) is 87.9. The molecule has 12 saturated heterocycles. The second-order valence-electron chi connectivity index (χ2n) is 41.1. The van der Waals surface area contributed by atoms with Gasteiger partial charge in [-0.15, -0.1) is 0 Å². The van der Waals surface area contributed by atoms with Crippen LogP contribution in [0.2, 0.25) is 0 Å². The summed E-state index contributed by atoms with van der Waals surface area (Å²) in [6, 6.07) is 0. The van der Waals surface area contributed by atoms with Gasteiger partial charge >= 0.3 is 0 Å². The molecule has 12 aliphatic rings. The predicted octanol–water partition coefficient (Wildman–Crippen LogP) is 0.607. The third-order valence-corrected chi connectivity index (χ3v) is 30.0. The van der Waals surface area contributed by atoms with Gasteiger partial charge in [0.2, 0.25) is 23.8 Å². The molecular formula is C98H168N44O2. The lowest BCUT2D eigenvalue weighted by Crippen LogP contribution is -2.46. The highest BCUT2D eigenvalue weighted by molar-refractivity contribution is 5.87. The zero-order chi connectivity index (χ0) is 99.0. The van der Waals surface area contributed by atoms with Crippen molar-refractivity contribution in [3.8, 4) is 0 Å². The average Bonchev–Trinajstić information content (AvgIpc) is 0.802. The average molecular weight is 1990 g/mol. The third-order valence-electron chi connectivity index (χ3n) is 30.0. The molecule has 8 N–H and O–H groups in total. The maximum atomic E-state index is 5.44. The van der Waals surface area contributed by atoms with E-state index in [2.05, 4.69) is 197 Å². The van der Waals surface area contributed by atoms with Gasteiger partial charge in [-0.05, 0) is 94.9 Å².